The van der Waals surface area contributed by atoms with Crippen LogP contribution in [0.25, 0.3) is 0 Å². The standard InChI is InChI=1S/C13H12Cl2N2O4S3/c1-23(18,19)16-17-24(20,21)11-4-2-3-10(8-11)22-13-6-5-9(14)7-12(13)15/h2-8,16-17H,1H3. The minimum Gasteiger partial charge on any atom is -0.211 e. The number of rotatable bonds is 6. The molecule has 0 amide bonds. The fraction of sp³-hybridized carbons (Fsp3) is 0.0769. The Morgan fingerprint density at radius 2 is 1.67 bits per heavy atom. The molecule has 0 heterocycles. The molecule has 2 N–H and O–H groups in total. The van der Waals surface area contributed by atoms with Crippen LogP contribution < -0.4 is 9.66 Å². The van der Waals surface area contributed by atoms with Gasteiger partial charge in [0, 0.05) is 14.8 Å². The zero-order chi connectivity index (χ0) is 18.0. The molecule has 0 unspecified atom stereocenters. The molecule has 0 saturated carbocycles. The lowest BCUT2D eigenvalue weighted by Crippen LogP contribution is -2.40. The number of benzene rings is 2. The molecule has 0 fully saturated rings. The number of sulfonamides is 2. The van der Waals surface area contributed by atoms with Crippen LogP contribution in [0, 0.1) is 0 Å². The molecular weight excluding hydrogens is 415 g/mol. The summed E-state index contributed by atoms with van der Waals surface area (Å²) in [5.41, 5.74) is 0. The average Bonchev–Trinajstić information content (AvgIpc) is 2.48. The average molecular weight is 427 g/mol. The van der Waals surface area contributed by atoms with Crippen molar-refractivity contribution in [2.45, 2.75) is 14.7 Å². The molecule has 0 aliphatic rings. The monoisotopic (exact) mass is 426 g/mol. The zero-order valence-electron chi connectivity index (χ0n) is 12.2. The Morgan fingerprint density at radius 3 is 2.29 bits per heavy atom. The Bertz CT molecular complexity index is 963. The van der Waals surface area contributed by atoms with Crippen molar-refractivity contribution in [2.75, 3.05) is 6.26 Å². The second kappa shape index (κ2) is 7.61. The van der Waals surface area contributed by atoms with Crippen LogP contribution in [-0.2, 0) is 20.0 Å². The van der Waals surface area contributed by atoms with Crippen molar-refractivity contribution in [1.82, 2.24) is 9.66 Å². The second-order valence-electron chi connectivity index (χ2n) is 4.63. The molecule has 0 aliphatic carbocycles. The van der Waals surface area contributed by atoms with E-state index < -0.39 is 20.0 Å². The fourth-order valence-corrected chi connectivity index (χ4v) is 4.76. The summed E-state index contributed by atoms with van der Waals surface area (Å²) in [5.74, 6) is 0. The fourth-order valence-electron chi connectivity index (χ4n) is 1.58. The number of hydrogen-bond acceptors (Lipinski definition) is 5. The lowest BCUT2D eigenvalue weighted by atomic mass is 10.4. The first-order valence-corrected chi connectivity index (χ1v) is 11.2. The molecule has 0 bridgehead atoms. The van der Waals surface area contributed by atoms with Gasteiger partial charge in [-0.15, -0.1) is 9.66 Å². The number of halogens is 2. The topological polar surface area (TPSA) is 92.3 Å². The van der Waals surface area contributed by atoms with Gasteiger partial charge in [-0.1, -0.05) is 41.0 Å². The highest BCUT2D eigenvalue weighted by Crippen LogP contribution is 2.35. The molecule has 0 saturated heterocycles. The van der Waals surface area contributed by atoms with Gasteiger partial charge in [0.1, 0.15) is 0 Å². The molecule has 2 aromatic rings. The van der Waals surface area contributed by atoms with E-state index in [0.29, 0.717) is 19.8 Å². The highest BCUT2D eigenvalue weighted by molar-refractivity contribution is 7.99. The molecule has 24 heavy (non-hydrogen) atoms. The van der Waals surface area contributed by atoms with E-state index in [-0.39, 0.29) is 4.90 Å². The Morgan fingerprint density at radius 1 is 0.958 bits per heavy atom. The van der Waals surface area contributed by atoms with E-state index in [1.54, 1.807) is 40.0 Å². The third kappa shape index (κ3) is 5.62. The van der Waals surface area contributed by atoms with Crippen molar-refractivity contribution in [3.05, 3.63) is 52.5 Å². The molecule has 2 rings (SSSR count). The van der Waals surface area contributed by atoms with E-state index in [9.17, 15) is 16.8 Å². The summed E-state index contributed by atoms with van der Waals surface area (Å²) in [5, 5.41) is 0.939. The van der Waals surface area contributed by atoms with Crippen molar-refractivity contribution in [1.29, 1.82) is 0 Å². The molecule has 0 aliphatic heterocycles. The highest BCUT2D eigenvalue weighted by atomic mass is 35.5. The van der Waals surface area contributed by atoms with Crippen LogP contribution in [-0.4, -0.2) is 23.1 Å². The number of nitrogens with one attached hydrogen (secondary N) is 2. The number of hydrogen-bond donors (Lipinski definition) is 2. The van der Waals surface area contributed by atoms with Crippen molar-refractivity contribution in [3.8, 4) is 0 Å². The highest BCUT2D eigenvalue weighted by Gasteiger charge is 2.16. The summed E-state index contributed by atoms with van der Waals surface area (Å²) in [6.45, 7) is 0. The van der Waals surface area contributed by atoms with Gasteiger partial charge in [0.05, 0.1) is 16.2 Å². The maximum atomic E-state index is 12.1. The SMILES string of the molecule is CS(=O)(=O)NNS(=O)(=O)c1cccc(Sc2ccc(Cl)cc2Cl)c1. The van der Waals surface area contributed by atoms with Crippen LogP contribution in [0.5, 0.6) is 0 Å². The third-order valence-corrected chi connectivity index (χ3v) is 6.17. The van der Waals surface area contributed by atoms with Gasteiger partial charge >= 0.3 is 0 Å². The molecule has 0 radical (unpaired) electrons. The summed E-state index contributed by atoms with van der Waals surface area (Å²) < 4.78 is 46.2. The molecule has 0 spiro atoms. The van der Waals surface area contributed by atoms with E-state index in [0.717, 1.165) is 6.26 Å². The summed E-state index contributed by atoms with van der Waals surface area (Å²) in [7, 11) is -7.74. The molecule has 11 heteroatoms. The van der Waals surface area contributed by atoms with Gasteiger partial charge in [-0.2, -0.15) is 0 Å². The van der Waals surface area contributed by atoms with Gasteiger partial charge in [0.2, 0.25) is 10.0 Å². The summed E-state index contributed by atoms with van der Waals surface area (Å²) in [6, 6.07) is 11.0. The van der Waals surface area contributed by atoms with Crippen molar-refractivity contribution in [3.63, 3.8) is 0 Å². The normalized spacial score (nSPS) is 12.3. The second-order valence-corrected chi connectivity index (χ2v) is 10.0. The van der Waals surface area contributed by atoms with E-state index in [2.05, 4.69) is 0 Å². The lowest BCUT2D eigenvalue weighted by Gasteiger charge is -2.09. The maximum Gasteiger partial charge on any atom is 0.254 e. The number of hydrazine groups is 1. The Hall–Kier alpha value is -0.810. The van der Waals surface area contributed by atoms with Crippen LogP contribution >= 0.6 is 35.0 Å². The van der Waals surface area contributed by atoms with Crippen LogP contribution in [0.3, 0.4) is 0 Å². The Balaban J connectivity index is 2.25. The van der Waals surface area contributed by atoms with Gasteiger partial charge in [0.15, 0.2) is 0 Å². The lowest BCUT2D eigenvalue weighted by molar-refractivity contribution is 0.561. The minimum atomic E-state index is -4.03. The van der Waals surface area contributed by atoms with Crippen LogP contribution in [0.1, 0.15) is 0 Å². The van der Waals surface area contributed by atoms with E-state index in [4.69, 9.17) is 23.2 Å². The Kier molecular flexibility index (Phi) is 6.19. The predicted molar refractivity (Wildman–Crippen MR) is 95.3 cm³/mol. The van der Waals surface area contributed by atoms with Crippen LogP contribution in [0.2, 0.25) is 10.0 Å². The first-order chi connectivity index (χ1) is 11.1. The largest absolute Gasteiger partial charge is 0.254 e. The van der Waals surface area contributed by atoms with Crippen molar-refractivity contribution >= 4 is 55.0 Å². The smallest absolute Gasteiger partial charge is 0.211 e. The van der Waals surface area contributed by atoms with Gasteiger partial charge in [0.25, 0.3) is 10.0 Å². The summed E-state index contributed by atoms with van der Waals surface area (Å²) >= 11 is 13.2. The van der Waals surface area contributed by atoms with Gasteiger partial charge < -0.3 is 0 Å². The predicted octanol–water partition coefficient (Wildman–Crippen LogP) is 2.89. The molecular formula is C13H12Cl2N2O4S3. The third-order valence-electron chi connectivity index (χ3n) is 2.60. The molecule has 2 aromatic carbocycles. The van der Waals surface area contributed by atoms with Gasteiger partial charge in [-0.05, 0) is 36.4 Å². The van der Waals surface area contributed by atoms with E-state index >= 15 is 0 Å². The van der Waals surface area contributed by atoms with Gasteiger partial charge in [-0.25, -0.2) is 16.8 Å². The van der Waals surface area contributed by atoms with E-state index in [1.807, 2.05) is 0 Å². The first-order valence-electron chi connectivity index (χ1n) is 6.28. The Labute approximate surface area is 154 Å². The zero-order valence-corrected chi connectivity index (χ0v) is 16.1. The van der Waals surface area contributed by atoms with Crippen LogP contribution in [0.4, 0.5) is 0 Å². The molecule has 0 aromatic heterocycles. The molecule has 6 nitrogen and oxygen atoms in total. The molecule has 130 valence electrons. The quantitative estimate of drug-likeness (QED) is 0.692. The maximum absolute atomic E-state index is 12.1. The van der Waals surface area contributed by atoms with E-state index in [1.165, 1.54) is 23.9 Å². The van der Waals surface area contributed by atoms with Crippen molar-refractivity contribution < 1.29 is 16.8 Å². The summed E-state index contributed by atoms with van der Waals surface area (Å²) in [4.78, 5) is 4.77. The summed E-state index contributed by atoms with van der Waals surface area (Å²) in [6.07, 6.45) is 0.838. The first kappa shape index (κ1) is 19.5. The molecule has 0 atom stereocenters. The minimum absolute atomic E-state index is 0.0891. The van der Waals surface area contributed by atoms with Gasteiger partial charge in [-0.3, -0.25) is 0 Å². The van der Waals surface area contributed by atoms with Crippen LogP contribution in [0.15, 0.2) is 57.2 Å². The van der Waals surface area contributed by atoms with Crippen molar-refractivity contribution in [2.24, 2.45) is 0 Å².